The predicted molar refractivity (Wildman–Crippen MR) is 107 cm³/mol. The standard InChI is InChI=1S/C15H10Br4N2O3/c16-8-2-1-3-9(4-8)24-7-13(22)21-20-6-10-11(17)5-12(18)15(23)14(10)19/h1-6,23H,7H2,(H,21,22)/b20-6+. The van der Waals surface area contributed by atoms with Crippen LogP contribution >= 0.6 is 63.7 Å². The van der Waals surface area contributed by atoms with Gasteiger partial charge in [0.2, 0.25) is 0 Å². The molecule has 0 aliphatic carbocycles. The Morgan fingerprint density at radius 1 is 1.21 bits per heavy atom. The first-order valence-electron chi connectivity index (χ1n) is 6.45. The molecule has 1 amide bonds. The highest BCUT2D eigenvalue weighted by Gasteiger charge is 2.12. The van der Waals surface area contributed by atoms with E-state index in [2.05, 4.69) is 74.2 Å². The van der Waals surface area contributed by atoms with Crippen LogP contribution in [-0.4, -0.2) is 23.8 Å². The summed E-state index contributed by atoms with van der Waals surface area (Å²) in [6.07, 6.45) is 1.41. The summed E-state index contributed by atoms with van der Waals surface area (Å²) in [4.78, 5) is 11.7. The van der Waals surface area contributed by atoms with Crippen LogP contribution in [0.25, 0.3) is 0 Å². The number of carbonyl (C=O) groups is 1. The monoisotopic (exact) mass is 582 g/mol. The zero-order valence-electron chi connectivity index (χ0n) is 11.9. The zero-order valence-corrected chi connectivity index (χ0v) is 18.2. The van der Waals surface area contributed by atoms with Crippen molar-refractivity contribution in [2.75, 3.05) is 6.61 Å². The van der Waals surface area contributed by atoms with Crippen molar-refractivity contribution in [2.45, 2.75) is 0 Å². The second-order valence-corrected chi connectivity index (χ2v) is 7.87. The zero-order chi connectivity index (χ0) is 17.7. The topological polar surface area (TPSA) is 70.9 Å². The minimum Gasteiger partial charge on any atom is -0.506 e. The molecule has 0 unspecified atom stereocenters. The molecule has 126 valence electrons. The second-order valence-electron chi connectivity index (χ2n) is 4.46. The number of halogens is 4. The molecule has 0 aliphatic rings. The molecule has 0 bridgehead atoms. The first-order chi connectivity index (χ1) is 11.4. The highest BCUT2D eigenvalue weighted by atomic mass is 79.9. The maximum absolute atomic E-state index is 11.7. The van der Waals surface area contributed by atoms with Gasteiger partial charge >= 0.3 is 0 Å². The maximum Gasteiger partial charge on any atom is 0.277 e. The van der Waals surface area contributed by atoms with Gasteiger partial charge in [0.15, 0.2) is 6.61 Å². The number of phenols is 1. The lowest BCUT2D eigenvalue weighted by atomic mass is 10.2. The third-order valence-electron chi connectivity index (χ3n) is 2.73. The van der Waals surface area contributed by atoms with Gasteiger partial charge in [-0.15, -0.1) is 0 Å². The first kappa shape index (κ1) is 19.4. The summed E-state index contributed by atoms with van der Waals surface area (Å²) < 4.78 is 7.90. The Morgan fingerprint density at radius 2 is 1.96 bits per heavy atom. The van der Waals surface area contributed by atoms with Crippen molar-refractivity contribution in [3.05, 3.63) is 53.8 Å². The summed E-state index contributed by atoms with van der Waals surface area (Å²) in [5, 5.41) is 13.7. The summed E-state index contributed by atoms with van der Waals surface area (Å²) in [5.74, 6) is 0.218. The number of hydrogen-bond acceptors (Lipinski definition) is 4. The van der Waals surface area contributed by atoms with Crippen LogP contribution in [0.3, 0.4) is 0 Å². The van der Waals surface area contributed by atoms with Crippen LogP contribution in [-0.2, 0) is 4.79 Å². The van der Waals surface area contributed by atoms with Crippen LogP contribution in [0.5, 0.6) is 11.5 Å². The Balaban J connectivity index is 1.94. The quantitative estimate of drug-likeness (QED) is 0.385. The number of aromatic hydroxyl groups is 1. The van der Waals surface area contributed by atoms with Gasteiger partial charge in [-0.05, 0) is 56.1 Å². The van der Waals surface area contributed by atoms with Gasteiger partial charge in [-0.1, -0.05) is 37.9 Å². The number of rotatable bonds is 5. The molecule has 24 heavy (non-hydrogen) atoms. The molecular formula is C15H10Br4N2O3. The summed E-state index contributed by atoms with van der Waals surface area (Å²) >= 11 is 13.2. The minimum atomic E-state index is -0.403. The van der Waals surface area contributed by atoms with Gasteiger partial charge in [-0.2, -0.15) is 5.10 Å². The fraction of sp³-hybridized carbons (Fsp3) is 0.0667. The summed E-state index contributed by atoms with van der Waals surface area (Å²) in [5.41, 5.74) is 2.95. The third-order valence-corrected chi connectivity index (χ3v) is 5.29. The number of phenolic OH excluding ortho intramolecular Hbond substituents is 1. The smallest absolute Gasteiger partial charge is 0.277 e. The molecule has 0 radical (unpaired) electrons. The molecular weight excluding hydrogens is 576 g/mol. The van der Waals surface area contributed by atoms with E-state index in [1.54, 1.807) is 18.2 Å². The van der Waals surface area contributed by atoms with Crippen LogP contribution in [0.2, 0.25) is 0 Å². The first-order valence-corrected chi connectivity index (χ1v) is 9.62. The van der Waals surface area contributed by atoms with Crippen molar-refractivity contribution >= 4 is 75.8 Å². The lowest BCUT2D eigenvalue weighted by molar-refractivity contribution is -0.123. The normalized spacial score (nSPS) is 10.8. The van der Waals surface area contributed by atoms with Crippen molar-refractivity contribution in [2.24, 2.45) is 5.10 Å². The average molecular weight is 586 g/mol. The Bertz CT molecular complexity index is 797. The number of benzene rings is 2. The molecule has 0 aliphatic heterocycles. The molecule has 0 fully saturated rings. The van der Waals surface area contributed by atoms with E-state index in [1.165, 1.54) is 6.21 Å². The third kappa shape index (κ3) is 5.30. The van der Waals surface area contributed by atoms with Crippen LogP contribution < -0.4 is 10.2 Å². The molecule has 0 saturated heterocycles. The van der Waals surface area contributed by atoms with E-state index >= 15 is 0 Å². The lowest BCUT2D eigenvalue weighted by Gasteiger charge is -2.07. The van der Waals surface area contributed by atoms with Crippen LogP contribution in [0, 0.1) is 0 Å². The Kier molecular flexibility index (Phi) is 7.27. The number of hydrazone groups is 1. The molecule has 2 aromatic rings. The largest absolute Gasteiger partial charge is 0.506 e. The number of amides is 1. The summed E-state index contributed by atoms with van der Waals surface area (Å²) in [6.45, 7) is -0.165. The van der Waals surface area contributed by atoms with Crippen molar-refractivity contribution < 1.29 is 14.6 Å². The van der Waals surface area contributed by atoms with Gasteiger partial charge < -0.3 is 9.84 Å². The van der Waals surface area contributed by atoms with E-state index in [0.29, 0.717) is 24.7 Å². The number of nitrogens with one attached hydrogen (secondary N) is 1. The minimum absolute atomic E-state index is 0.0453. The molecule has 2 N–H and O–H groups in total. The number of nitrogens with zero attached hydrogens (tertiary/aromatic N) is 1. The van der Waals surface area contributed by atoms with Crippen LogP contribution in [0.15, 0.2) is 53.3 Å². The molecule has 9 heteroatoms. The van der Waals surface area contributed by atoms with Crippen molar-refractivity contribution in [1.29, 1.82) is 0 Å². The van der Waals surface area contributed by atoms with E-state index < -0.39 is 5.91 Å². The van der Waals surface area contributed by atoms with E-state index in [0.717, 1.165) is 4.47 Å². The summed E-state index contributed by atoms with van der Waals surface area (Å²) in [7, 11) is 0. The van der Waals surface area contributed by atoms with Crippen molar-refractivity contribution in [3.63, 3.8) is 0 Å². The Morgan fingerprint density at radius 3 is 2.67 bits per heavy atom. The molecule has 0 heterocycles. The van der Waals surface area contributed by atoms with Crippen LogP contribution in [0.1, 0.15) is 5.56 Å². The summed E-state index contributed by atoms with van der Waals surface area (Å²) in [6, 6.07) is 8.86. The molecule has 0 aromatic heterocycles. The van der Waals surface area contributed by atoms with Gasteiger partial charge in [-0.3, -0.25) is 4.79 Å². The van der Waals surface area contributed by atoms with Gasteiger partial charge in [0.1, 0.15) is 11.5 Å². The molecule has 2 rings (SSSR count). The van der Waals surface area contributed by atoms with E-state index in [4.69, 9.17) is 4.74 Å². The second kappa shape index (κ2) is 8.98. The number of hydrogen-bond donors (Lipinski definition) is 2. The number of ether oxygens (including phenoxy) is 1. The average Bonchev–Trinajstić information content (AvgIpc) is 2.54. The Labute approximate surface area is 172 Å². The van der Waals surface area contributed by atoms with Crippen LogP contribution in [0.4, 0.5) is 0 Å². The van der Waals surface area contributed by atoms with Gasteiger partial charge in [-0.25, -0.2) is 5.43 Å². The van der Waals surface area contributed by atoms with Gasteiger partial charge in [0, 0.05) is 14.5 Å². The van der Waals surface area contributed by atoms with Crippen molar-refractivity contribution in [1.82, 2.24) is 5.43 Å². The van der Waals surface area contributed by atoms with E-state index in [-0.39, 0.29) is 12.4 Å². The van der Waals surface area contributed by atoms with Gasteiger partial charge in [0.05, 0.1) is 15.2 Å². The highest BCUT2D eigenvalue weighted by molar-refractivity contribution is 9.11. The molecule has 5 nitrogen and oxygen atoms in total. The van der Waals surface area contributed by atoms with Gasteiger partial charge in [0.25, 0.3) is 5.91 Å². The SMILES string of the molecule is O=C(COc1cccc(Br)c1)N/N=C/c1c(Br)cc(Br)c(O)c1Br. The molecule has 2 aromatic carbocycles. The van der Waals surface area contributed by atoms with E-state index in [1.807, 2.05) is 12.1 Å². The molecule has 0 spiro atoms. The fourth-order valence-corrected chi connectivity index (χ4v) is 4.32. The molecule has 0 atom stereocenters. The lowest BCUT2D eigenvalue weighted by Crippen LogP contribution is -2.24. The van der Waals surface area contributed by atoms with Crippen molar-refractivity contribution in [3.8, 4) is 11.5 Å². The highest BCUT2D eigenvalue weighted by Crippen LogP contribution is 2.38. The predicted octanol–water partition coefficient (Wildman–Crippen LogP) is 4.97. The van der Waals surface area contributed by atoms with E-state index in [9.17, 15) is 9.90 Å². The molecule has 0 saturated carbocycles. The fourth-order valence-electron chi connectivity index (χ4n) is 1.62. The maximum atomic E-state index is 11.7. The number of carbonyl (C=O) groups excluding carboxylic acids is 1. The Hall–Kier alpha value is -0.900.